The molecule has 2 N–H and O–H groups in total. The van der Waals surface area contributed by atoms with Crippen LogP contribution in [0.1, 0.15) is 43.9 Å². The minimum Gasteiger partial charge on any atom is -0.324 e. The molecule has 1 aromatic rings. The fourth-order valence-electron chi connectivity index (χ4n) is 1.63. The molecular weight excluding hydrogens is 225 g/mol. The number of hydrogen-bond donors (Lipinski definition) is 1. The molecule has 1 nitrogen and oxygen atoms in total. The summed E-state index contributed by atoms with van der Waals surface area (Å²) in [4.78, 5) is 0. The average Bonchev–Trinajstić information content (AvgIpc) is 2.20. The fraction of sp³-hybridized carbons (Fsp3) is 0.538. The van der Waals surface area contributed by atoms with Crippen LogP contribution < -0.4 is 5.73 Å². The first-order valence-electron chi connectivity index (χ1n) is 5.63. The van der Waals surface area contributed by atoms with Crippen molar-refractivity contribution < 1.29 is 4.39 Å². The van der Waals surface area contributed by atoms with Crippen molar-refractivity contribution in [2.45, 2.75) is 39.7 Å². The second-order valence-electron chi connectivity index (χ2n) is 4.70. The monoisotopic (exact) mass is 243 g/mol. The van der Waals surface area contributed by atoms with Crippen LogP contribution in [-0.4, -0.2) is 0 Å². The highest BCUT2D eigenvalue weighted by molar-refractivity contribution is 6.31. The summed E-state index contributed by atoms with van der Waals surface area (Å²) >= 11 is 5.99. The standard InChI is InChI=1S/C13H19ClFN/c1-8(2)4-5-13(16)10-6-9(3)12(15)7-11(10)14/h6-8,13H,4-5,16H2,1-3H3. The van der Waals surface area contributed by atoms with Crippen LogP contribution in [0.5, 0.6) is 0 Å². The third-order valence-corrected chi connectivity index (χ3v) is 3.06. The zero-order chi connectivity index (χ0) is 12.3. The Hall–Kier alpha value is -0.600. The van der Waals surface area contributed by atoms with Crippen LogP contribution in [0.3, 0.4) is 0 Å². The van der Waals surface area contributed by atoms with Crippen molar-refractivity contribution in [1.29, 1.82) is 0 Å². The molecule has 0 aliphatic heterocycles. The highest BCUT2D eigenvalue weighted by Gasteiger charge is 2.13. The van der Waals surface area contributed by atoms with Crippen molar-refractivity contribution in [2.24, 2.45) is 11.7 Å². The van der Waals surface area contributed by atoms with Gasteiger partial charge in [-0.2, -0.15) is 0 Å². The molecule has 1 unspecified atom stereocenters. The summed E-state index contributed by atoms with van der Waals surface area (Å²) < 4.78 is 13.2. The predicted molar refractivity (Wildman–Crippen MR) is 67.1 cm³/mol. The topological polar surface area (TPSA) is 26.0 Å². The molecule has 0 aliphatic rings. The fourth-order valence-corrected chi connectivity index (χ4v) is 1.92. The second-order valence-corrected chi connectivity index (χ2v) is 5.11. The maximum Gasteiger partial charge on any atom is 0.127 e. The van der Waals surface area contributed by atoms with Crippen LogP contribution in [0.2, 0.25) is 5.02 Å². The summed E-state index contributed by atoms with van der Waals surface area (Å²) in [5.41, 5.74) is 7.50. The third-order valence-electron chi connectivity index (χ3n) is 2.73. The number of hydrogen-bond acceptors (Lipinski definition) is 1. The Labute approximate surface area is 102 Å². The van der Waals surface area contributed by atoms with Gasteiger partial charge in [-0.05, 0) is 42.9 Å². The van der Waals surface area contributed by atoms with Crippen molar-refractivity contribution >= 4 is 11.6 Å². The number of aryl methyl sites for hydroxylation is 1. The molecule has 0 bridgehead atoms. The zero-order valence-electron chi connectivity index (χ0n) is 10.1. The van der Waals surface area contributed by atoms with Gasteiger partial charge >= 0.3 is 0 Å². The van der Waals surface area contributed by atoms with Gasteiger partial charge in [-0.3, -0.25) is 0 Å². The maximum atomic E-state index is 13.2. The van der Waals surface area contributed by atoms with E-state index < -0.39 is 0 Å². The Bertz CT molecular complexity index is 363. The van der Waals surface area contributed by atoms with E-state index in [0.29, 0.717) is 16.5 Å². The zero-order valence-corrected chi connectivity index (χ0v) is 10.8. The predicted octanol–water partition coefficient (Wildman–Crippen LogP) is 4.22. The van der Waals surface area contributed by atoms with Gasteiger partial charge < -0.3 is 5.73 Å². The van der Waals surface area contributed by atoms with Crippen molar-refractivity contribution in [2.75, 3.05) is 0 Å². The van der Waals surface area contributed by atoms with E-state index in [9.17, 15) is 4.39 Å². The Morgan fingerprint density at radius 1 is 1.31 bits per heavy atom. The smallest absolute Gasteiger partial charge is 0.127 e. The molecule has 0 amide bonds. The van der Waals surface area contributed by atoms with E-state index in [2.05, 4.69) is 13.8 Å². The molecule has 0 aromatic heterocycles. The highest BCUT2D eigenvalue weighted by Crippen LogP contribution is 2.28. The van der Waals surface area contributed by atoms with Crippen LogP contribution in [0, 0.1) is 18.7 Å². The molecule has 1 rings (SSSR count). The Morgan fingerprint density at radius 3 is 2.50 bits per heavy atom. The van der Waals surface area contributed by atoms with Crippen LogP contribution in [-0.2, 0) is 0 Å². The SMILES string of the molecule is Cc1cc(C(N)CCC(C)C)c(Cl)cc1F. The minimum absolute atomic E-state index is 0.103. The van der Waals surface area contributed by atoms with Gasteiger partial charge in [0.25, 0.3) is 0 Å². The summed E-state index contributed by atoms with van der Waals surface area (Å²) in [6.45, 7) is 6.04. The molecule has 3 heteroatoms. The molecule has 0 aliphatic carbocycles. The Morgan fingerprint density at radius 2 is 1.94 bits per heavy atom. The van der Waals surface area contributed by atoms with Crippen molar-refractivity contribution in [1.82, 2.24) is 0 Å². The molecule has 0 heterocycles. The van der Waals surface area contributed by atoms with Gasteiger partial charge in [0, 0.05) is 11.1 Å². The van der Waals surface area contributed by atoms with Crippen molar-refractivity contribution in [3.8, 4) is 0 Å². The quantitative estimate of drug-likeness (QED) is 0.842. The van der Waals surface area contributed by atoms with Gasteiger partial charge in [0.1, 0.15) is 5.82 Å². The summed E-state index contributed by atoms with van der Waals surface area (Å²) in [7, 11) is 0. The van der Waals surface area contributed by atoms with Crippen LogP contribution in [0.15, 0.2) is 12.1 Å². The summed E-state index contributed by atoms with van der Waals surface area (Å²) in [6, 6.07) is 3.00. The molecule has 90 valence electrons. The van der Waals surface area contributed by atoms with E-state index in [-0.39, 0.29) is 11.9 Å². The lowest BCUT2D eigenvalue weighted by molar-refractivity contribution is 0.506. The number of rotatable bonds is 4. The molecule has 0 spiro atoms. The van der Waals surface area contributed by atoms with Crippen LogP contribution in [0.25, 0.3) is 0 Å². The van der Waals surface area contributed by atoms with Gasteiger partial charge in [-0.1, -0.05) is 31.5 Å². The summed E-state index contributed by atoms with van der Waals surface area (Å²) in [5, 5.41) is 0.430. The molecule has 0 fully saturated rings. The van der Waals surface area contributed by atoms with E-state index in [4.69, 9.17) is 17.3 Å². The molecule has 1 aromatic carbocycles. The first-order valence-corrected chi connectivity index (χ1v) is 6.00. The largest absolute Gasteiger partial charge is 0.324 e. The van der Waals surface area contributed by atoms with Crippen molar-refractivity contribution in [3.05, 3.63) is 34.1 Å². The van der Waals surface area contributed by atoms with Crippen molar-refractivity contribution in [3.63, 3.8) is 0 Å². The van der Waals surface area contributed by atoms with Gasteiger partial charge in [0.15, 0.2) is 0 Å². The molecular formula is C13H19ClFN. The molecule has 1 atom stereocenters. The number of nitrogens with two attached hydrogens (primary N) is 1. The highest BCUT2D eigenvalue weighted by atomic mass is 35.5. The lowest BCUT2D eigenvalue weighted by Gasteiger charge is -2.16. The van der Waals surface area contributed by atoms with E-state index in [0.717, 1.165) is 18.4 Å². The lowest BCUT2D eigenvalue weighted by atomic mass is 9.97. The molecule has 16 heavy (non-hydrogen) atoms. The van der Waals surface area contributed by atoms with Crippen LogP contribution in [0.4, 0.5) is 4.39 Å². The average molecular weight is 244 g/mol. The second kappa shape index (κ2) is 5.65. The first kappa shape index (κ1) is 13.5. The van der Waals surface area contributed by atoms with E-state index >= 15 is 0 Å². The van der Waals surface area contributed by atoms with Gasteiger partial charge in [-0.15, -0.1) is 0 Å². The molecule has 0 saturated heterocycles. The van der Waals surface area contributed by atoms with Gasteiger partial charge in [0.05, 0.1) is 0 Å². The van der Waals surface area contributed by atoms with E-state index in [1.807, 2.05) is 0 Å². The maximum absolute atomic E-state index is 13.2. The number of halogens is 2. The Kier molecular flexibility index (Phi) is 4.75. The van der Waals surface area contributed by atoms with Gasteiger partial charge in [-0.25, -0.2) is 4.39 Å². The third kappa shape index (κ3) is 3.46. The Balaban J connectivity index is 2.82. The molecule has 0 saturated carbocycles. The summed E-state index contributed by atoms with van der Waals surface area (Å²) in [5.74, 6) is 0.344. The molecule has 0 radical (unpaired) electrons. The van der Waals surface area contributed by atoms with Gasteiger partial charge in [0.2, 0.25) is 0 Å². The summed E-state index contributed by atoms with van der Waals surface area (Å²) in [6.07, 6.45) is 1.93. The van der Waals surface area contributed by atoms with Crippen LogP contribution >= 0.6 is 11.6 Å². The first-order chi connectivity index (χ1) is 7.41. The van der Waals surface area contributed by atoms with E-state index in [1.165, 1.54) is 6.07 Å². The minimum atomic E-state index is -0.273. The normalized spacial score (nSPS) is 13.2. The number of benzene rings is 1. The van der Waals surface area contributed by atoms with E-state index in [1.54, 1.807) is 13.0 Å². The lowest BCUT2D eigenvalue weighted by Crippen LogP contribution is -2.12.